The van der Waals surface area contributed by atoms with Crippen molar-refractivity contribution in [2.24, 2.45) is 11.8 Å². The Kier molecular flexibility index (Phi) is 7.26. The van der Waals surface area contributed by atoms with E-state index in [-0.39, 0.29) is 5.91 Å². The summed E-state index contributed by atoms with van der Waals surface area (Å²) >= 11 is 3.11. The Morgan fingerprint density at radius 3 is 2.81 bits per heavy atom. The number of likely N-dealkylation sites (tertiary alicyclic amines) is 1. The van der Waals surface area contributed by atoms with Gasteiger partial charge in [-0.15, -0.1) is 10.2 Å². The number of rotatable bonds is 7. The molecule has 0 aliphatic carbocycles. The van der Waals surface area contributed by atoms with Crippen LogP contribution in [0.5, 0.6) is 0 Å². The first-order valence-electron chi connectivity index (χ1n) is 9.58. The molecule has 1 aromatic carbocycles. The summed E-state index contributed by atoms with van der Waals surface area (Å²) < 4.78 is 0.894. The van der Waals surface area contributed by atoms with Gasteiger partial charge >= 0.3 is 0 Å². The first-order chi connectivity index (χ1) is 13.0. The highest BCUT2D eigenvalue weighted by Gasteiger charge is 2.16. The fraction of sp³-hybridized carbons (Fsp3) is 0.550. The molecule has 5 nitrogen and oxygen atoms in total. The van der Waals surface area contributed by atoms with E-state index in [1.807, 2.05) is 12.1 Å². The van der Waals surface area contributed by atoms with Crippen LogP contribution in [0.2, 0.25) is 0 Å². The fourth-order valence-corrected chi connectivity index (χ4v) is 4.90. The number of nitrogens with zero attached hydrogens (tertiary/aromatic N) is 3. The normalized spacial score (nSPS) is 18.0. The number of hydrogen-bond acceptors (Lipinski definition) is 6. The van der Waals surface area contributed by atoms with Crippen LogP contribution in [-0.4, -0.2) is 39.8 Å². The van der Waals surface area contributed by atoms with Crippen LogP contribution in [0.15, 0.2) is 28.6 Å². The van der Waals surface area contributed by atoms with E-state index in [0.717, 1.165) is 29.1 Å². The van der Waals surface area contributed by atoms with Crippen LogP contribution in [0.3, 0.4) is 0 Å². The number of amides is 1. The number of piperidine rings is 1. The number of aromatic nitrogens is 2. The van der Waals surface area contributed by atoms with Crippen molar-refractivity contribution < 1.29 is 4.79 Å². The average molecular weight is 405 g/mol. The van der Waals surface area contributed by atoms with Crippen LogP contribution >= 0.6 is 23.1 Å². The molecule has 2 heterocycles. The van der Waals surface area contributed by atoms with Crippen molar-refractivity contribution in [2.75, 3.05) is 24.2 Å². The second-order valence-electron chi connectivity index (χ2n) is 7.71. The van der Waals surface area contributed by atoms with E-state index in [9.17, 15) is 4.79 Å². The summed E-state index contributed by atoms with van der Waals surface area (Å²) in [6.07, 6.45) is 2.61. The van der Waals surface area contributed by atoms with Crippen molar-refractivity contribution in [1.82, 2.24) is 15.1 Å². The Bertz CT molecular complexity index is 745. The van der Waals surface area contributed by atoms with Gasteiger partial charge in [-0.2, -0.15) is 0 Å². The maximum atomic E-state index is 12.4. The summed E-state index contributed by atoms with van der Waals surface area (Å²) in [6, 6.07) is 7.90. The van der Waals surface area contributed by atoms with Crippen LogP contribution in [0.25, 0.3) is 0 Å². The quantitative estimate of drug-likeness (QED) is 0.532. The van der Waals surface area contributed by atoms with Crippen molar-refractivity contribution in [3.8, 4) is 0 Å². The molecule has 1 aliphatic rings. The van der Waals surface area contributed by atoms with Crippen molar-refractivity contribution in [2.45, 2.75) is 44.5 Å². The lowest BCUT2D eigenvalue weighted by atomic mass is 9.99. The zero-order valence-electron chi connectivity index (χ0n) is 16.3. The molecule has 7 heteroatoms. The fourth-order valence-electron chi connectivity index (χ4n) is 3.18. The Labute approximate surface area is 170 Å². The zero-order valence-corrected chi connectivity index (χ0v) is 17.9. The Morgan fingerprint density at radius 1 is 1.33 bits per heavy atom. The van der Waals surface area contributed by atoms with Crippen molar-refractivity contribution >= 4 is 34.1 Å². The van der Waals surface area contributed by atoms with Crippen LogP contribution in [-0.2, 0) is 6.54 Å². The van der Waals surface area contributed by atoms with Crippen LogP contribution in [0.4, 0.5) is 5.13 Å². The number of hydrogen-bond donors (Lipinski definition) is 1. The molecule has 1 aliphatic heterocycles. The average Bonchev–Trinajstić information content (AvgIpc) is 3.08. The molecule has 3 rings (SSSR count). The molecule has 1 atom stereocenters. The first kappa shape index (κ1) is 20.3. The summed E-state index contributed by atoms with van der Waals surface area (Å²) in [7, 11) is 0. The van der Waals surface area contributed by atoms with Gasteiger partial charge in [0, 0.05) is 24.4 Å². The van der Waals surface area contributed by atoms with Crippen molar-refractivity contribution in [3.05, 3.63) is 35.4 Å². The van der Waals surface area contributed by atoms with Gasteiger partial charge in [-0.05, 0) is 48.9 Å². The van der Waals surface area contributed by atoms with E-state index in [4.69, 9.17) is 0 Å². The number of carbonyl (C=O) groups is 1. The third-order valence-electron chi connectivity index (χ3n) is 4.53. The summed E-state index contributed by atoms with van der Waals surface area (Å²) in [5.74, 6) is 2.24. The van der Waals surface area contributed by atoms with Crippen LogP contribution in [0, 0.1) is 11.8 Å². The van der Waals surface area contributed by atoms with Gasteiger partial charge in [0.2, 0.25) is 5.13 Å². The minimum Gasteiger partial charge on any atom is -0.299 e. The monoisotopic (exact) mass is 404 g/mol. The third-order valence-corrected chi connectivity index (χ3v) is 6.93. The molecule has 0 unspecified atom stereocenters. The second kappa shape index (κ2) is 9.66. The smallest absolute Gasteiger partial charge is 0.257 e. The number of thioether (sulfide) groups is 1. The van der Waals surface area contributed by atoms with E-state index in [1.54, 1.807) is 11.8 Å². The molecule has 0 spiro atoms. The molecule has 2 aromatic rings. The second-order valence-corrected chi connectivity index (χ2v) is 9.96. The lowest BCUT2D eigenvalue weighted by Gasteiger charge is -2.30. The van der Waals surface area contributed by atoms with Crippen LogP contribution < -0.4 is 5.32 Å². The molecular weight excluding hydrogens is 376 g/mol. The zero-order chi connectivity index (χ0) is 19.2. The molecule has 0 saturated carbocycles. The summed E-state index contributed by atoms with van der Waals surface area (Å²) in [5.41, 5.74) is 1.90. The molecule has 1 aromatic heterocycles. The van der Waals surface area contributed by atoms with E-state index < -0.39 is 0 Å². The van der Waals surface area contributed by atoms with E-state index in [0.29, 0.717) is 16.6 Å². The van der Waals surface area contributed by atoms with Gasteiger partial charge < -0.3 is 0 Å². The van der Waals surface area contributed by atoms with Crippen molar-refractivity contribution in [1.29, 1.82) is 0 Å². The summed E-state index contributed by atoms with van der Waals surface area (Å²) in [5, 5.41) is 11.6. The Hall–Kier alpha value is -1.44. The summed E-state index contributed by atoms with van der Waals surface area (Å²) in [4.78, 5) is 14.9. The van der Waals surface area contributed by atoms with Gasteiger partial charge in [-0.1, -0.05) is 56.0 Å². The van der Waals surface area contributed by atoms with Gasteiger partial charge in [-0.25, -0.2) is 0 Å². The third kappa shape index (κ3) is 6.30. The topological polar surface area (TPSA) is 58.1 Å². The molecule has 1 saturated heterocycles. The lowest BCUT2D eigenvalue weighted by Crippen LogP contribution is -2.33. The number of carbonyl (C=O) groups excluding carboxylic acids is 1. The highest BCUT2D eigenvalue weighted by molar-refractivity contribution is 8.01. The van der Waals surface area contributed by atoms with E-state index in [1.165, 1.54) is 36.3 Å². The molecule has 1 N–H and O–H groups in total. The highest BCUT2D eigenvalue weighted by atomic mass is 32.2. The molecule has 1 amide bonds. The largest absolute Gasteiger partial charge is 0.299 e. The van der Waals surface area contributed by atoms with Gasteiger partial charge in [0.15, 0.2) is 4.34 Å². The Morgan fingerprint density at radius 2 is 2.11 bits per heavy atom. The Balaban J connectivity index is 1.53. The summed E-state index contributed by atoms with van der Waals surface area (Å²) in [6.45, 7) is 9.95. The predicted octanol–water partition coefficient (Wildman–Crippen LogP) is 4.77. The first-order valence-corrected chi connectivity index (χ1v) is 11.4. The minimum atomic E-state index is -0.135. The van der Waals surface area contributed by atoms with Gasteiger partial charge in [0.1, 0.15) is 0 Å². The highest BCUT2D eigenvalue weighted by Crippen LogP contribution is 2.27. The molecule has 146 valence electrons. The minimum absolute atomic E-state index is 0.135. The maximum absolute atomic E-state index is 12.4. The van der Waals surface area contributed by atoms with Crippen LogP contribution in [0.1, 0.15) is 49.5 Å². The molecular formula is C20H28N4OS2. The molecule has 0 bridgehead atoms. The number of nitrogens with one attached hydrogen (secondary N) is 1. The number of benzene rings is 1. The maximum Gasteiger partial charge on any atom is 0.257 e. The lowest BCUT2D eigenvalue weighted by molar-refractivity contribution is 0.102. The number of anilines is 1. The van der Waals surface area contributed by atoms with E-state index in [2.05, 4.69) is 53.3 Å². The van der Waals surface area contributed by atoms with Gasteiger partial charge in [0.05, 0.1) is 0 Å². The molecule has 1 fully saturated rings. The van der Waals surface area contributed by atoms with E-state index >= 15 is 0 Å². The standard InChI is InChI=1S/C20H28N4OS2/c1-14(2)13-26-20-23-22-19(27-20)21-18(25)17-8-6-16(7-9-17)12-24-10-4-5-15(3)11-24/h6-9,14-15H,4-5,10-13H2,1-3H3,(H,21,22,25)/t15-/m1/s1. The SMILES string of the molecule is CC(C)CSc1nnc(NC(=O)c2ccc(CN3CCC[C@@H](C)C3)cc2)s1. The molecule has 0 radical (unpaired) electrons. The van der Waals surface area contributed by atoms with Gasteiger partial charge in [0.25, 0.3) is 5.91 Å². The van der Waals surface area contributed by atoms with Crippen molar-refractivity contribution in [3.63, 3.8) is 0 Å². The molecule has 27 heavy (non-hydrogen) atoms. The van der Waals surface area contributed by atoms with Gasteiger partial charge in [-0.3, -0.25) is 15.0 Å². The predicted molar refractivity (Wildman–Crippen MR) is 114 cm³/mol.